The van der Waals surface area contributed by atoms with Gasteiger partial charge in [-0.2, -0.15) is 0 Å². The standard InChI is InChI=1S/C37H60O7S/c1-5-9-13-14-15-16-17-20-24-32(44-33-25-28(26-42-33)36(38)39)30(23-19-11-7-3)31-27-43-34(37(40)41)35(31)45-29(21-12-8-4)22-18-10-6-2/h25-27,29-30,32H,5-24H2,1-4H3,(H,38,39)(H,40,41). The van der Waals surface area contributed by atoms with Crippen LogP contribution >= 0.6 is 11.8 Å². The van der Waals surface area contributed by atoms with E-state index in [0.29, 0.717) is 5.25 Å². The zero-order valence-corrected chi connectivity index (χ0v) is 29.3. The van der Waals surface area contributed by atoms with E-state index in [4.69, 9.17) is 13.6 Å². The van der Waals surface area contributed by atoms with Crippen molar-refractivity contribution in [2.45, 2.75) is 178 Å². The van der Waals surface area contributed by atoms with Crippen LogP contribution in [0.4, 0.5) is 0 Å². The summed E-state index contributed by atoms with van der Waals surface area (Å²) in [6, 6.07) is 1.44. The highest BCUT2D eigenvalue weighted by Gasteiger charge is 2.33. The predicted molar refractivity (Wildman–Crippen MR) is 183 cm³/mol. The number of furan rings is 2. The minimum atomic E-state index is -1.06. The van der Waals surface area contributed by atoms with Crippen molar-refractivity contribution >= 4 is 23.7 Å². The van der Waals surface area contributed by atoms with Crippen molar-refractivity contribution in [3.05, 3.63) is 35.5 Å². The Bertz CT molecular complexity index is 1070. The fourth-order valence-corrected chi connectivity index (χ4v) is 7.47. The Morgan fingerprint density at radius 1 is 0.689 bits per heavy atom. The summed E-state index contributed by atoms with van der Waals surface area (Å²) in [5.74, 6) is -2.01. The second kappa shape index (κ2) is 23.0. The number of unbranched alkanes of at least 4 members (excludes halogenated alkanes) is 12. The summed E-state index contributed by atoms with van der Waals surface area (Å²) in [6.45, 7) is 8.81. The van der Waals surface area contributed by atoms with Crippen LogP contribution in [0.3, 0.4) is 0 Å². The third-order valence-corrected chi connectivity index (χ3v) is 10.1. The maximum absolute atomic E-state index is 12.4. The van der Waals surface area contributed by atoms with Gasteiger partial charge in [0.2, 0.25) is 5.76 Å². The first-order chi connectivity index (χ1) is 21.9. The van der Waals surface area contributed by atoms with E-state index >= 15 is 0 Å². The second-order valence-electron chi connectivity index (χ2n) is 12.5. The van der Waals surface area contributed by atoms with Crippen molar-refractivity contribution in [1.82, 2.24) is 0 Å². The van der Waals surface area contributed by atoms with E-state index in [9.17, 15) is 19.8 Å². The fraction of sp³-hybridized carbons (Fsp3) is 0.730. The number of ether oxygens (including phenoxy) is 1. The lowest BCUT2D eigenvalue weighted by Crippen LogP contribution is -2.26. The molecule has 0 aliphatic heterocycles. The molecule has 0 bridgehead atoms. The Labute approximate surface area is 276 Å². The van der Waals surface area contributed by atoms with Gasteiger partial charge < -0.3 is 23.8 Å². The van der Waals surface area contributed by atoms with Crippen LogP contribution in [0, 0.1) is 0 Å². The van der Waals surface area contributed by atoms with Crippen molar-refractivity contribution in [3.63, 3.8) is 0 Å². The maximum atomic E-state index is 12.4. The molecule has 2 N–H and O–H groups in total. The molecule has 2 heterocycles. The second-order valence-corrected chi connectivity index (χ2v) is 13.8. The van der Waals surface area contributed by atoms with Gasteiger partial charge >= 0.3 is 11.9 Å². The molecule has 256 valence electrons. The van der Waals surface area contributed by atoms with Crippen LogP contribution in [0.15, 0.2) is 32.3 Å². The summed E-state index contributed by atoms with van der Waals surface area (Å²) < 4.78 is 17.9. The van der Waals surface area contributed by atoms with E-state index in [1.54, 1.807) is 18.0 Å². The Morgan fingerprint density at radius 2 is 1.24 bits per heavy atom. The lowest BCUT2D eigenvalue weighted by atomic mass is 9.86. The number of hydrogen-bond donors (Lipinski definition) is 2. The summed E-state index contributed by atoms with van der Waals surface area (Å²) >= 11 is 1.68. The Balaban J connectivity index is 2.41. The molecule has 45 heavy (non-hydrogen) atoms. The number of aromatic carboxylic acids is 2. The topological polar surface area (TPSA) is 110 Å². The van der Waals surface area contributed by atoms with Crippen LogP contribution in [0.2, 0.25) is 0 Å². The molecule has 0 saturated heterocycles. The van der Waals surface area contributed by atoms with Crippen LogP contribution in [0.1, 0.15) is 189 Å². The van der Waals surface area contributed by atoms with Crippen LogP contribution in [-0.2, 0) is 0 Å². The van der Waals surface area contributed by atoms with Gasteiger partial charge in [0.05, 0.1) is 11.2 Å². The minimum Gasteiger partial charge on any atom is -0.478 e. The normalized spacial score (nSPS) is 13.5. The molecule has 0 radical (unpaired) electrons. The zero-order chi connectivity index (χ0) is 32.9. The summed E-state index contributed by atoms with van der Waals surface area (Å²) in [5.41, 5.74) is 0.956. The van der Waals surface area contributed by atoms with Gasteiger partial charge in [-0.15, -0.1) is 11.8 Å². The molecule has 0 amide bonds. The van der Waals surface area contributed by atoms with Crippen LogP contribution in [0.5, 0.6) is 5.95 Å². The fourth-order valence-electron chi connectivity index (χ4n) is 5.99. The highest BCUT2D eigenvalue weighted by molar-refractivity contribution is 8.00. The molecular formula is C37H60O7S. The molecule has 0 spiro atoms. The van der Waals surface area contributed by atoms with Gasteiger partial charge in [-0.1, -0.05) is 124 Å². The number of carboxylic acid groups (broad SMARTS) is 2. The lowest BCUT2D eigenvalue weighted by Gasteiger charge is -2.28. The molecule has 7 nitrogen and oxygen atoms in total. The lowest BCUT2D eigenvalue weighted by molar-refractivity contribution is 0.0654. The summed E-state index contributed by atoms with van der Waals surface area (Å²) in [4.78, 5) is 24.7. The molecular weight excluding hydrogens is 588 g/mol. The predicted octanol–water partition coefficient (Wildman–Crippen LogP) is 12.1. The quantitative estimate of drug-likeness (QED) is 0.0692. The van der Waals surface area contributed by atoms with E-state index in [2.05, 4.69) is 27.7 Å². The molecule has 0 fully saturated rings. The van der Waals surface area contributed by atoms with Gasteiger partial charge in [0.15, 0.2) is 0 Å². The maximum Gasteiger partial charge on any atom is 0.372 e. The van der Waals surface area contributed by atoms with Gasteiger partial charge in [-0.3, -0.25) is 0 Å². The van der Waals surface area contributed by atoms with Crippen molar-refractivity contribution in [2.24, 2.45) is 0 Å². The monoisotopic (exact) mass is 648 g/mol. The molecule has 2 aromatic rings. The van der Waals surface area contributed by atoms with Crippen LogP contribution in [-0.4, -0.2) is 33.5 Å². The van der Waals surface area contributed by atoms with Crippen LogP contribution < -0.4 is 4.74 Å². The average Bonchev–Trinajstić information content (AvgIpc) is 3.66. The molecule has 8 heteroatoms. The number of thioether (sulfide) groups is 1. The minimum absolute atomic E-state index is 0.0180. The number of carbonyl (C=O) groups is 2. The number of hydrogen-bond acceptors (Lipinski definition) is 6. The number of rotatable bonds is 28. The highest BCUT2D eigenvalue weighted by atomic mass is 32.2. The molecule has 3 atom stereocenters. The summed E-state index contributed by atoms with van der Waals surface area (Å²) in [6.07, 6.45) is 24.6. The Kier molecular flexibility index (Phi) is 19.9. The third-order valence-electron chi connectivity index (χ3n) is 8.66. The van der Waals surface area contributed by atoms with Crippen molar-refractivity contribution in [1.29, 1.82) is 0 Å². The highest BCUT2D eigenvalue weighted by Crippen LogP contribution is 2.43. The molecule has 0 aromatic carbocycles. The van der Waals surface area contributed by atoms with Gasteiger partial charge in [-0.05, 0) is 32.1 Å². The Hall–Kier alpha value is -2.35. The molecule has 2 aromatic heterocycles. The van der Waals surface area contributed by atoms with E-state index in [-0.39, 0.29) is 29.3 Å². The third kappa shape index (κ3) is 14.3. The molecule has 0 saturated carbocycles. The van der Waals surface area contributed by atoms with Crippen molar-refractivity contribution in [3.8, 4) is 5.95 Å². The van der Waals surface area contributed by atoms with Gasteiger partial charge in [0, 0.05) is 22.8 Å². The first kappa shape index (κ1) is 38.8. The smallest absolute Gasteiger partial charge is 0.372 e. The molecule has 3 unspecified atom stereocenters. The SMILES string of the molecule is CCCCCCCCCCC(Oc1cc(C(=O)O)co1)C(CCCCC)c1coc(C(=O)O)c1SC(CCCC)CCCCC. The van der Waals surface area contributed by atoms with E-state index in [0.717, 1.165) is 93.9 Å². The van der Waals surface area contributed by atoms with Gasteiger partial charge in [-0.25, -0.2) is 9.59 Å². The first-order valence-electron chi connectivity index (χ1n) is 17.9. The van der Waals surface area contributed by atoms with E-state index in [1.807, 2.05) is 0 Å². The average molecular weight is 649 g/mol. The zero-order valence-electron chi connectivity index (χ0n) is 28.5. The van der Waals surface area contributed by atoms with Crippen molar-refractivity contribution in [2.75, 3.05) is 0 Å². The number of carboxylic acids is 2. The Morgan fingerprint density at radius 3 is 1.84 bits per heavy atom. The summed E-state index contributed by atoms with van der Waals surface area (Å²) in [7, 11) is 0. The first-order valence-corrected chi connectivity index (χ1v) is 18.7. The molecule has 0 aliphatic carbocycles. The largest absolute Gasteiger partial charge is 0.478 e. The molecule has 0 aliphatic rings. The van der Waals surface area contributed by atoms with Gasteiger partial charge in [0.25, 0.3) is 5.95 Å². The van der Waals surface area contributed by atoms with Gasteiger partial charge in [0.1, 0.15) is 17.9 Å². The summed E-state index contributed by atoms with van der Waals surface area (Å²) in [5, 5.41) is 20.0. The van der Waals surface area contributed by atoms with Crippen molar-refractivity contribution < 1.29 is 33.4 Å². The van der Waals surface area contributed by atoms with Crippen LogP contribution in [0.25, 0.3) is 0 Å². The van der Waals surface area contributed by atoms with E-state index < -0.39 is 11.9 Å². The molecule has 2 rings (SSSR count). The van der Waals surface area contributed by atoms with E-state index in [1.165, 1.54) is 57.3 Å².